The monoisotopic (exact) mass is 276 g/mol. The van der Waals surface area contributed by atoms with Crippen LogP contribution in [0.15, 0.2) is 24.3 Å². The van der Waals surface area contributed by atoms with Crippen LogP contribution in [0.1, 0.15) is 23.1 Å². The molecule has 0 amide bonds. The van der Waals surface area contributed by atoms with Crippen molar-refractivity contribution in [1.29, 1.82) is 0 Å². The second-order valence-electron chi connectivity index (χ2n) is 4.06. The van der Waals surface area contributed by atoms with Gasteiger partial charge in [0.1, 0.15) is 12.4 Å². The first-order valence-electron chi connectivity index (χ1n) is 6.34. The molecule has 0 spiro atoms. The van der Waals surface area contributed by atoms with Crippen molar-refractivity contribution in [3.05, 3.63) is 35.7 Å². The minimum Gasteiger partial charge on any atom is -0.491 e. The summed E-state index contributed by atoms with van der Waals surface area (Å²) in [5.74, 6) is 0.354. The number of hydrogen-bond acceptors (Lipinski definition) is 6. The molecule has 1 heterocycles. The van der Waals surface area contributed by atoms with Crippen LogP contribution >= 0.6 is 0 Å². The number of esters is 1. The fraction of sp³-hybridized carbons (Fsp3) is 0.385. The van der Waals surface area contributed by atoms with Crippen LogP contribution in [0.4, 0.5) is 0 Å². The van der Waals surface area contributed by atoms with Crippen LogP contribution in [-0.4, -0.2) is 39.4 Å². The van der Waals surface area contributed by atoms with Crippen molar-refractivity contribution in [2.45, 2.75) is 20.4 Å². The van der Waals surface area contributed by atoms with Crippen molar-refractivity contribution in [2.24, 2.45) is 0 Å². The van der Waals surface area contributed by atoms with Crippen molar-refractivity contribution in [3.8, 4) is 5.75 Å². The number of ether oxygens (including phenoxy) is 2. The number of aryl methyl sites for hydroxylation is 1. The Bertz CT molecular complexity index is 583. The maximum atomic E-state index is 11.6. The lowest BCUT2D eigenvalue weighted by Crippen LogP contribution is -2.18. The summed E-state index contributed by atoms with van der Waals surface area (Å²) in [6, 6.07) is 7.71. The van der Waals surface area contributed by atoms with E-state index in [2.05, 4.69) is 15.5 Å². The largest absolute Gasteiger partial charge is 0.491 e. The molecule has 0 unspecified atom stereocenters. The standard InChI is InChI=1S/C13H16N4O3/c1-3-19-13(18)12-14-15-16-17(12)8-9-20-11-7-5-4-6-10(11)2/h4-7H,3,8-9H2,1-2H3. The Balaban J connectivity index is 1.93. The number of para-hydroxylation sites is 1. The highest BCUT2D eigenvalue weighted by Gasteiger charge is 2.16. The predicted molar refractivity (Wildman–Crippen MR) is 70.4 cm³/mol. The second-order valence-corrected chi connectivity index (χ2v) is 4.06. The van der Waals surface area contributed by atoms with E-state index in [0.29, 0.717) is 13.2 Å². The van der Waals surface area contributed by atoms with Crippen LogP contribution in [0.3, 0.4) is 0 Å². The highest BCUT2D eigenvalue weighted by Crippen LogP contribution is 2.15. The van der Waals surface area contributed by atoms with E-state index in [9.17, 15) is 4.79 Å². The summed E-state index contributed by atoms with van der Waals surface area (Å²) in [6.45, 7) is 4.72. The molecule has 1 aromatic heterocycles. The molecule has 0 aliphatic rings. The molecule has 0 saturated heterocycles. The number of rotatable bonds is 6. The Morgan fingerprint density at radius 1 is 1.35 bits per heavy atom. The van der Waals surface area contributed by atoms with E-state index in [-0.39, 0.29) is 12.4 Å². The summed E-state index contributed by atoms with van der Waals surface area (Å²) in [4.78, 5) is 11.6. The summed E-state index contributed by atoms with van der Waals surface area (Å²) in [5.41, 5.74) is 1.05. The average Bonchev–Trinajstić information content (AvgIpc) is 2.90. The van der Waals surface area contributed by atoms with E-state index in [1.807, 2.05) is 31.2 Å². The Kier molecular flexibility index (Phi) is 4.65. The van der Waals surface area contributed by atoms with E-state index in [4.69, 9.17) is 9.47 Å². The lowest BCUT2D eigenvalue weighted by molar-refractivity contribution is 0.0503. The number of tetrazole rings is 1. The van der Waals surface area contributed by atoms with Gasteiger partial charge in [-0.15, -0.1) is 5.10 Å². The van der Waals surface area contributed by atoms with Gasteiger partial charge in [-0.3, -0.25) is 0 Å². The zero-order valence-corrected chi connectivity index (χ0v) is 11.4. The zero-order valence-electron chi connectivity index (χ0n) is 11.4. The highest BCUT2D eigenvalue weighted by atomic mass is 16.5. The topological polar surface area (TPSA) is 79.1 Å². The van der Waals surface area contributed by atoms with Crippen molar-refractivity contribution in [3.63, 3.8) is 0 Å². The lowest BCUT2D eigenvalue weighted by Gasteiger charge is -2.09. The second kappa shape index (κ2) is 6.65. The van der Waals surface area contributed by atoms with Gasteiger partial charge in [-0.25, -0.2) is 9.48 Å². The molecule has 0 aliphatic heterocycles. The third kappa shape index (κ3) is 3.31. The van der Waals surface area contributed by atoms with Gasteiger partial charge in [-0.2, -0.15) is 0 Å². The molecular weight excluding hydrogens is 260 g/mol. The Morgan fingerprint density at radius 3 is 2.90 bits per heavy atom. The molecule has 0 radical (unpaired) electrons. The maximum absolute atomic E-state index is 11.6. The molecule has 0 atom stereocenters. The number of benzene rings is 1. The molecule has 0 aliphatic carbocycles. The Hall–Kier alpha value is -2.44. The molecule has 20 heavy (non-hydrogen) atoms. The fourth-order valence-corrected chi connectivity index (χ4v) is 1.66. The lowest BCUT2D eigenvalue weighted by atomic mass is 10.2. The SMILES string of the molecule is CCOC(=O)c1nnnn1CCOc1ccccc1C. The molecule has 0 N–H and O–H groups in total. The van der Waals surface area contributed by atoms with Gasteiger partial charge in [0.05, 0.1) is 13.2 Å². The first kappa shape index (κ1) is 14.0. The van der Waals surface area contributed by atoms with Crippen molar-refractivity contribution in [2.75, 3.05) is 13.2 Å². The fourth-order valence-electron chi connectivity index (χ4n) is 1.66. The molecule has 0 fully saturated rings. The molecular formula is C13H16N4O3. The number of aromatic nitrogens is 4. The first-order chi connectivity index (χ1) is 9.72. The molecule has 2 aromatic rings. The summed E-state index contributed by atoms with van der Waals surface area (Å²) in [5, 5.41) is 10.9. The van der Waals surface area contributed by atoms with Gasteiger partial charge >= 0.3 is 5.97 Å². The van der Waals surface area contributed by atoms with Gasteiger partial charge in [0, 0.05) is 0 Å². The van der Waals surface area contributed by atoms with E-state index in [1.54, 1.807) is 6.92 Å². The molecule has 7 nitrogen and oxygen atoms in total. The Labute approximate surface area is 116 Å². The van der Waals surface area contributed by atoms with Crippen LogP contribution in [0.5, 0.6) is 5.75 Å². The van der Waals surface area contributed by atoms with Crippen LogP contribution < -0.4 is 4.74 Å². The highest BCUT2D eigenvalue weighted by molar-refractivity contribution is 5.85. The molecule has 0 saturated carbocycles. The summed E-state index contributed by atoms with van der Waals surface area (Å²) >= 11 is 0. The van der Waals surface area contributed by atoms with E-state index in [1.165, 1.54) is 4.68 Å². The average molecular weight is 276 g/mol. The molecule has 0 bridgehead atoms. The van der Waals surface area contributed by atoms with Crippen LogP contribution in [-0.2, 0) is 11.3 Å². The number of carbonyl (C=O) groups excluding carboxylic acids is 1. The molecule has 1 aromatic carbocycles. The van der Waals surface area contributed by atoms with E-state index >= 15 is 0 Å². The van der Waals surface area contributed by atoms with Gasteiger partial charge < -0.3 is 9.47 Å². The predicted octanol–water partition coefficient (Wildman–Crippen LogP) is 1.24. The minimum absolute atomic E-state index is 0.0835. The van der Waals surface area contributed by atoms with Gasteiger partial charge in [-0.1, -0.05) is 18.2 Å². The van der Waals surface area contributed by atoms with E-state index in [0.717, 1.165) is 11.3 Å². The molecule has 2 rings (SSSR count). The first-order valence-corrected chi connectivity index (χ1v) is 6.34. The van der Waals surface area contributed by atoms with E-state index < -0.39 is 5.97 Å². The summed E-state index contributed by atoms with van der Waals surface area (Å²) < 4.78 is 11.9. The smallest absolute Gasteiger partial charge is 0.378 e. The molecule has 7 heteroatoms. The van der Waals surface area contributed by atoms with Crippen LogP contribution in [0.25, 0.3) is 0 Å². The number of nitrogens with zero attached hydrogens (tertiary/aromatic N) is 4. The van der Waals surface area contributed by atoms with Gasteiger partial charge in [-0.05, 0) is 35.9 Å². The van der Waals surface area contributed by atoms with Gasteiger partial charge in [0.2, 0.25) is 0 Å². The van der Waals surface area contributed by atoms with Crippen molar-refractivity contribution < 1.29 is 14.3 Å². The third-order valence-corrected chi connectivity index (χ3v) is 2.64. The van der Waals surface area contributed by atoms with Crippen LogP contribution in [0, 0.1) is 6.92 Å². The normalized spacial score (nSPS) is 10.3. The minimum atomic E-state index is -0.534. The number of hydrogen-bond donors (Lipinski definition) is 0. The van der Waals surface area contributed by atoms with Crippen molar-refractivity contribution in [1.82, 2.24) is 20.2 Å². The summed E-state index contributed by atoms with van der Waals surface area (Å²) in [7, 11) is 0. The van der Waals surface area contributed by atoms with Gasteiger partial charge in [0.25, 0.3) is 5.82 Å². The summed E-state index contributed by atoms with van der Waals surface area (Å²) in [6.07, 6.45) is 0. The Morgan fingerprint density at radius 2 is 2.15 bits per heavy atom. The van der Waals surface area contributed by atoms with Crippen LogP contribution in [0.2, 0.25) is 0 Å². The quantitative estimate of drug-likeness (QED) is 0.738. The zero-order chi connectivity index (χ0) is 14.4. The number of carbonyl (C=O) groups is 1. The van der Waals surface area contributed by atoms with Crippen molar-refractivity contribution >= 4 is 5.97 Å². The third-order valence-electron chi connectivity index (χ3n) is 2.64. The molecule has 106 valence electrons. The maximum Gasteiger partial charge on any atom is 0.378 e. The van der Waals surface area contributed by atoms with Gasteiger partial charge in [0.15, 0.2) is 0 Å².